The van der Waals surface area contributed by atoms with Gasteiger partial charge >= 0.3 is 0 Å². The van der Waals surface area contributed by atoms with Crippen LogP contribution in [0.1, 0.15) is 39.0 Å². The number of likely N-dealkylation sites (tertiary alicyclic amines) is 1. The smallest absolute Gasteiger partial charge is 0.246 e. The van der Waals surface area contributed by atoms with Crippen molar-refractivity contribution < 1.29 is 28.6 Å². The lowest BCUT2D eigenvalue weighted by molar-refractivity contribution is -0.156. The molecule has 1 aromatic carbocycles. The minimum Gasteiger partial charge on any atom is -0.356 e. The molecule has 3 fully saturated rings. The number of rotatable bonds is 8. The Kier molecular flexibility index (Phi) is 7.52. The molecule has 5 rings (SSSR count). The number of hydrogen-bond donors (Lipinski definition) is 2. The van der Waals surface area contributed by atoms with E-state index in [2.05, 4.69) is 10.6 Å². The van der Waals surface area contributed by atoms with Gasteiger partial charge in [0.05, 0.1) is 34.0 Å². The minimum absolute atomic E-state index is 0.0158. The minimum atomic E-state index is -1.30. The number of halogens is 2. The monoisotopic (exact) mass is 565 g/mol. The van der Waals surface area contributed by atoms with E-state index in [1.54, 1.807) is 37.3 Å². The fourth-order valence-corrected chi connectivity index (χ4v) is 6.85. The average Bonchev–Trinajstić information content (AvgIpc) is 3.46. The maximum Gasteiger partial charge on any atom is 0.246 e. The Morgan fingerprint density at radius 1 is 1.11 bits per heavy atom. The van der Waals surface area contributed by atoms with Crippen LogP contribution in [-0.4, -0.2) is 73.0 Å². The summed E-state index contributed by atoms with van der Waals surface area (Å²) in [5.74, 6) is -2.84. The molecule has 1 aliphatic carbocycles. The molecule has 206 valence electrons. The zero-order valence-corrected chi connectivity index (χ0v) is 23.2. The van der Waals surface area contributed by atoms with Crippen molar-refractivity contribution in [2.24, 2.45) is 11.8 Å². The molecule has 3 aliphatic heterocycles. The van der Waals surface area contributed by atoms with Crippen LogP contribution >= 0.6 is 23.2 Å². The molecule has 11 heteroatoms. The quantitative estimate of drug-likeness (QED) is 0.369. The van der Waals surface area contributed by atoms with E-state index in [0.717, 1.165) is 32.1 Å². The number of benzene rings is 1. The maximum absolute atomic E-state index is 14.1. The molecule has 0 unspecified atom stereocenters. The van der Waals surface area contributed by atoms with Gasteiger partial charge in [-0.15, -0.1) is 0 Å². The van der Waals surface area contributed by atoms with E-state index in [0.29, 0.717) is 15.7 Å². The van der Waals surface area contributed by atoms with Crippen molar-refractivity contribution in [1.29, 1.82) is 0 Å². The Labute approximate surface area is 232 Å². The molecule has 1 saturated carbocycles. The number of ether oxygens (including phenoxy) is 3. The summed E-state index contributed by atoms with van der Waals surface area (Å²) in [6, 6.07) is 3.84. The summed E-state index contributed by atoms with van der Waals surface area (Å²) in [5, 5.41) is 6.68. The molecule has 5 atom stereocenters. The summed E-state index contributed by atoms with van der Waals surface area (Å²) < 4.78 is 17.3. The van der Waals surface area contributed by atoms with Gasteiger partial charge in [-0.1, -0.05) is 54.6 Å². The number of carbonyl (C=O) groups is 3. The van der Waals surface area contributed by atoms with Crippen molar-refractivity contribution in [1.82, 2.24) is 10.2 Å². The predicted molar refractivity (Wildman–Crippen MR) is 142 cm³/mol. The second-order valence-corrected chi connectivity index (χ2v) is 11.5. The first-order chi connectivity index (χ1) is 18.1. The highest BCUT2D eigenvalue weighted by molar-refractivity contribution is 6.42. The van der Waals surface area contributed by atoms with Gasteiger partial charge in [0.25, 0.3) is 0 Å². The van der Waals surface area contributed by atoms with E-state index in [9.17, 15) is 14.4 Å². The first-order valence-electron chi connectivity index (χ1n) is 13.0. The topological polar surface area (TPSA) is 106 Å². The van der Waals surface area contributed by atoms with E-state index in [-0.39, 0.29) is 24.4 Å². The van der Waals surface area contributed by atoms with Crippen molar-refractivity contribution >= 4 is 46.6 Å². The summed E-state index contributed by atoms with van der Waals surface area (Å²) in [5.41, 5.74) is -1.92. The van der Waals surface area contributed by atoms with Crippen LogP contribution in [0.4, 0.5) is 5.69 Å². The van der Waals surface area contributed by atoms with Crippen LogP contribution in [0.15, 0.2) is 30.4 Å². The molecular formula is C27H33Cl2N3O6. The lowest BCUT2D eigenvalue weighted by Crippen LogP contribution is -2.57. The van der Waals surface area contributed by atoms with Crippen LogP contribution in [-0.2, 0) is 28.6 Å². The molecule has 38 heavy (non-hydrogen) atoms. The van der Waals surface area contributed by atoms with E-state index < -0.39 is 41.3 Å². The van der Waals surface area contributed by atoms with Crippen LogP contribution in [0, 0.1) is 11.8 Å². The third-order valence-electron chi connectivity index (χ3n) is 8.34. The molecule has 2 bridgehead atoms. The largest absolute Gasteiger partial charge is 0.356 e. The van der Waals surface area contributed by atoms with Crippen molar-refractivity contribution in [2.75, 3.05) is 26.1 Å². The zero-order chi connectivity index (χ0) is 27.2. The number of methoxy groups -OCH3 is 2. The molecule has 4 aliphatic rings. The second kappa shape index (κ2) is 10.4. The van der Waals surface area contributed by atoms with Gasteiger partial charge in [-0.3, -0.25) is 14.4 Å². The maximum atomic E-state index is 14.1. The van der Waals surface area contributed by atoms with Crippen molar-refractivity contribution in [2.45, 2.75) is 68.6 Å². The van der Waals surface area contributed by atoms with Crippen molar-refractivity contribution in [3.63, 3.8) is 0 Å². The lowest BCUT2D eigenvalue weighted by Gasteiger charge is -2.35. The summed E-state index contributed by atoms with van der Waals surface area (Å²) in [7, 11) is 2.95. The summed E-state index contributed by atoms with van der Waals surface area (Å²) in [6.07, 6.45) is 7.87. The predicted octanol–water partition coefficient (Wildman–Crippen LogP) is 3.54. The molecule has 2 saturated heterocycles. The number of nitrogens with one attached hydrogen (secondary N) is 2. The number of carbonyl (C=O) groups excluding carboxylic acids is 3. The number of nitrogens with zero attached hydrogens (tertiary/aromatic N) is 1. The van der Waals surface area contributed by atoms with Crippen LogP contribution in [0.2, 0.25) is 10.0 Å². The number of fused-ring (bicyclic) bond motifs is 1. The Morgan fingerprint density at radius 3 is 2.47 bits per heavy atom. The van der Waals surface area contributed by atoms with Gasteiger partial charge in [-0.05, 0) is 38.0 Å². The second-order valence-electron chi connectivity index (χ2n) is 10.7. The van der Waals surface area contributed by atoms with Crippen molar-refractivity contribution in [3.05, 3.63) is 40.4 Å². The normalized spacial score (nSPS) is 32.2. The van der Waals surface area contributed by atoms with E-state index in [1.807, 2.05) is 0 Å². The third kappa shape index (κ3) is 4.52. The Hall–Kier alpha value is -2.17. The van der Waals surface area contributed by atoms with Crippen LogP contribution in [0.5, 0.6) is 0 Å². The number of anilines is 1. The fraction of sp³-hybridized carbons (Fsp3) is 0.593. The van der Waals surface area contributed by atoms with E-state index >= 15 is 0 Å². The van der Waals surface area contributed by atoms with E-state index in [4.69, 9.17) is 37.4 Å². The first kappa shape index (κ1) is 27.4. The van der Waals surface area contributed by atoms with Gasteiger partial charge in [-0.2, -0.15) is 0 Å². The highest BCUT2D eigenvalue weighted by Gasteiger charge is 2.76. The number of amides is 3. The number of hydrogen-bond acceptors (Lipinski definition) is 6. The summed E-state index contributed by atoms with van der Waals surface area (Å²) in [4.78, 5) is 43.1. The molecule has 3 amide bonds. The Bertz CT molecular complexity index is 1150. The SMILES string of the molecule is COC(CN1C(=O)[C@@H]2[C@H](C(=O)Nc3ccc(Cl)c(Cl)c3)[C@]3(C)C=C[C@@]2(O3)[C@H]1C(=O)NC1CCCCC1)OC. The van der Waals surface area contributed by atoms with Gasteiger partial charge in [-0.25, -0.2) is 0 Å². The molecule has 1 spiro atoms. The molecule has 2 N–H and O–H groups in total. The first-order valence-corrected chi connectivity index (χ1v) is 13.7. The van der Waals surface area contributed by atoms with Gasteiger partial charge in [0.15, 0.2) is 6.29 Å². The van der Waals surface area contributed by atoms with Gasteiger partial charge in [0.1, 0.15) is 11.6 Å². The van der Waals surface area contributed by atoms with E-state index in [1.165, 1.54) is 19.1 Å². The standard InChI is InChI=1S/C27H33Cl2N3O6/c1-26-11-12-27(38-26)21(20(26)23(33)31-16-9-10-17(28)18(29)13-16)25(35)32(14-19(36-2)37-3)22(27)24(34)30-15-7-5-4-6-8-15/h9-13,15,19-22H,4-8,14H2,1-3H3,(H,30,34)(H,31,33)/t20-,21+,22-,26+,27+/m1/s1. The van der Waals surface area contributed by atoms with Gasteiger partial charge < -0.3 is 29.7 Å². The molecular weight excluding hydrogens is 533 g/mol. The highest BCUT2D eigenvalue weighted by atomic mass is 35.5. The lowest BCUT2D eigenvalue weighted by atomic mass is 9.70. The van der Waals surface area contributed by atoms with Crippen LogP contribution < -0.4 is 10.6 Å². The molecule has 1 aromatic rings. The third-order valence-corrected chi connectivity index (χ3v) is 9.08. The van der Waals surface area contributed by atoms with Crippen LogP contribution in [0.3, 0.4) is 0 Å². The van der Waals surface area contributed by atoms with Crippen molar-refractivity contribution in [3.8, 4) is 0 Å². The summed E-state index contributed by atoms with van der Waals surface area (Å²) in [6.45, 7) is 1.79. The van der Waals surface area contributed by atoms with Crippen LogP contribution in [0.25, 0.3) is 0 Å². The summed E-state index contributed by atoms with van der Waals surface area (Å²) >= 11 is 12.2. The molecule has 9 nitrogen and oxygen atoms in total. The average molecular weight is 566 g/mol. The fourth-order valence-electron chi connectivity index (χ4n) is 6.55. The Morgan fingerprint density at radius 2 is 1.82 bits per heavy atom. The molecule has 0 aromatic heterocycles. The molecule has 3 heterocycles. The van der Waals surface area contributed by atoms with Gasteiger partial charge in [0.2, 0.25) is 17.7 Å². The Balaban J connectivity index is 1.48. The zero-order valence-electron chi connectivity index (χ0n) is 21.7. The molecule has 0 radical (unpaired) electrons. The highest BCUT2D eigenvalue weighted by Crippen LogP contribution is 2.59. The van der Waals surface area contributed by atoms with Gasteiger partial charge in [0, 0.05) is 25.9 Å².